The van der Waals surface area contributed by atoms with E-state index in [1.165, 1.54) is 0 Å². The Labute approximate surface area is 97.0 Å². The van der Waals surface area contributed by atoms with Crippen molar-refractivity contribution in [3.8, 4) is 17.6 Å². The average molecular weight is 218 g/mol. The molecule has 0 radical (unpaired) electrons. The van der Waals surface area contributed by atoms with E-state index in [0.717, 1.165) is 24.2 Å². The molecule has 86 valence electrons. The zero-order valence-corrected chi connectivity index (χ0v) is 9.79. The summed E-state index contributed by atoms with van der Waals surface area (Å²) in [5.41, 5.74) is 3.88. The fourth-order valence-electron chi connectivity index (χ4n) is 1.62. The van der Waals surface area contributed by atoms with E-state index in [9.17, 15) is 0 Å². The lowest BCUT2D eigenvalue weighted by Gasteiger charge is -2.17. The van der Waals surface area contributed by atoms with E-state index < -0.39 is 0 Å². The third kappa shape index (κ3) is 3.27. The van der Waals surface area contributed by atoms with Crippen LogP contribution in [0.25, 0.3) is 0 Å². The second-order valence-electron chi connectivity index (χ2n) is 3.43. The second kappa shape index (κ2) is 6.89. The van der Waals surface area contributed by atoms with E-state index in [1.807, 2.05) is 31.2 Å². The van der Waals surface area contributed by atoms with Gasteiger partial charge in [0.2, 0.25) is 0 Å². The highest BCUT2D eigenvalue weighted by Gasteiger charge is 2.13. The molecule has 0 heterocycles. The number of nitrogens with one attached hydrogen (secondary N) is 1. The van der Waals surface area contributed by atoms with Crippen LogP contribution in [0.15, 0.2) is 24.3 Å². The van der Waals surface area contributed by atoms with Crippen molar-refractivity contribution in [2.75, 3.05) is 7.11 Å². The van der Waals surface area contributed by atoms with Crippen LogP contribution in [0.2, 0.25) is 0 Å². The molecule has 0 aliphatic rings. The van der Waals surface area contributed by atoms with Crippen LogP contribution < -0.4 is 16.0 Å². The lowest BCUT2D eigenvalue weighted by atomic mass is 10.0. The molecule has 1 rings (SSSR count). The SMILES string of the molecule is CC#CCCC(NN)c1ccccc1OC. The largest absolute Gasteiger partial charge is 0.496 e. The normalized spacial score (nSPS) is 11.4. The number of rotatable bonds is 5. The Hall–Kier alpha value is -1.50. The van der Waals surface area contributed by atoms with Crippen molar-refractivity contribution >= 4 is 0 Å². The summed E-state index contributed by atoms with van der Waals surface area (Å²) in [6, 6.07) is 7.96. The maximum Gasteiger partial charge on any atom is 0.123 e. The van der Waals surface area contributed by atoms with Crippen LogP contribution in [0.5, 0.6) is 5.75 Å². The molecule has 0 aliphatic heterocycles. The Bertz CT molecular complexity index is 379. The smallest absolute Gasteiger partial charge is 0.123 e. The van der Waals surface area contributed by atoms with Crippen molar-refractivity contribution in [2.45, 2.75) is 25.8 Å². The van der Waals surface area contributed by atoms with Crippen LogP contribution in [-0.4, -0.2) is 7.11 Å². The molecule has 1 unspecified atom stereocenters. The Balaban J connectivity index is 2.79. The molecule has 0 fully saturated rings. The number of ether oxygens (including phenoxy) is 1. The lowest BCUT2D eigenvalue weighted by molar-refractivity contribution is 0.396. The number of benzene rings is 1. The summed E-state index contributed by atoms with van der Waals surface area (Å²) in [7, 11) is 1.66. The van der Waals surface area contributed by atoms with Crippen molar-refractivity contribution in [1.29, 1.82) is 0 Å². The highest BCUT2D eigenvalue weighted by atomic mass is 16.5. The summed E-state index contributed by atoms with van der Waals surface area (Å²) in [5, 5.41) is 0. The van der Waals surface area contributed by atoms with Crippen molar-refractivity contribution in [3.05, 3.63) is 29.8 Å². The van der Waals surface area contributed by atoms with Gasteiger partial charge in [0.1, 0.15) is 5.75 Å². The van der Waals surface area contributed by atoms with Gasteiger partial charge < -0.3 is 4.74 Å². The molecule has 16 heavy (non-hydrogen) atoms. The van der Waals surface area contributed by atoms with Crippen molar-refractivity contribution in [2.24, 2.45) is 5.84 Å². The van der Waals surface area contributed by atoms with Gasteiger partial charge in [0, 0.05) is 12.0 Å². The summed E-state index contributed by atoms with van der Waals surface area (Å²) in [6.07, 6.45) is 1.70. The number of methoxy groups -OCH3 is 1. The van der Waals surface area contributed by atoms with Gasteiger partial charge in [0.25, 0.3) is 0 Å². The van der Waals surface area contributed by atoms with Gasteiger partial charge in [-0.1, -0.05) is 18.2 Å². The first kappa shape index (κ1) is 12.6. The van der Waals surface area contributed by atoms with Crippen LogP contribution in [0.1, 0.15) is 31.4 Å². The highest BCUT2D eigenvalue weighted by molar-refractivity contribution is 5.35. The third-order valence-electron chi connectivity index (χ3n) is 2.45. The van der Waals surface area contributed by atoms with Gasteiger partial charge in [0.15, 0.2) is 0 Å². The van der Waals surface area contributed by atoms with E-state index in [-0.39, 0.29) is 6.04 Å². The highest BCUT2D eigenvalue weighted by Crippen LogP contribution is 2.26. The Morgan fingerprint density at radius 1 is 1.44 bits per heavy atom. The van der Waals surface area contributed by atoms with Crippen LogP contribution >= 0.6 is 0 Å². The van der Waals surface area contributed by atoms with Gasteiger partial charge in [-0.15, -0.1) is 11.8 Å². The topological polar surface area (TPSA) is 47.3 Å². The van der Waals surface area contributed by atoms with Crippen LogP contribution in [0, 0.1) is 11.8 Å². The third-order valence-corrected chi connectivity index (χ3v) is 2.45. The van der Waals surface area contributed by atoms with Crippen molar-refractivity contribution in [1.82, 2.24) is 5.43 Å². The molecule has 0 amide bonds. The predicted octanol–water partition coefficient (Wildman–Crippen LogP) is 2.00. The molecule has 3 N–H and O–H groups in total. The minimum Gasteiger partial charge on any atom is -0.496 e. The van der Waals surface area contributed by atoms with Gasteiger partial charge in [-0.25, -0.2) is 0 Å². The molecule has 0 aliphatic carbocycles. The van der Waals surface area contributed by atoms with Crippen LogP contribution in [0.4, 0.5) is 0 Å². The molecule has 1 aromatic rings. The molecule has 0 saturated carbocycles. The van der Waals surface area contributed by atoms with E-state index in [1.54, 1.807) is 7.11 Å². The second-order valence-corrected chi connectivity index (χ2v) is 3.43. The molecule has 0 saturated heterocycles. The first-order valence-electron chi connectivity index (χ1n) is 5.32. The van der Waals surface area contributed by atoms with E-state index in [4.69, 9.17) is 10.6 Å². The molecule has 0 bridgehead atoms. The van der Waals surface area contributed by atoms with Crippen molar-refractivity contribution in [3.63, 3.8) is 0 Å². The Kier molecular flexibility index (Phi) is 5.41. The van der Waals surface area contributed by atoms with E-state index in [0.29, 0.717) is 0 Å². The van der Waals surface area contributed by atoms with Gasteiger partial charge in [-0.2, -0.15) is 0 Å². The molecule has 3 nitrogen and oxygen atoms in total. The first-order valence-corrected chi connectivity index (χ1v) is 5.32. The minimum absolute atomic E-state index is 0.0806. The number of nitrogens with two attached hydrogens (primary N) is 1. The number of hydrazine groups is 1. The Morgan fingerprint density at radius 3 is 2.81 bits per heavy atom. The summed E-state index contributed by atoms with van der Waals surface area (Å²) in [6.45, 7) is 1.84. The fraction of sp³-hybridized carbons (Fsp3) is 0.385. The van der Waals surface area contributed by atoms with E-state index >= 15 is 0 Å². The molecule has 0 spiro atoms. The van der Waals surface area contributed by atoms with E-state index in [2.05, 4.69) is 17.3 Å². The zero-order chi connectivity index (χ0) is 11.8. The standard InChI is InChI=1S/C13H18N2O/c1-3-4-5-9-12(15-14)11-8-6-7-10-13(11)16-2/h6-8,10,12,15H,5,9,14H2,1-2H3. The molecular weight excluding hydrogens is 200 g/mol. The number of para-hydroxylation sites is 1. The molecule has 1 aromatic carbocycles. The maximum atomic E-state index is 5.56. The average Bonchev–Trinajstić information content (AvgIpc) is 2.35. The van der Waals surface area contributed by atoms with Gasteiger partial charge in [0.05, 0.1) is 13.2 Å². The molecule has 3 heteroatoms. The van der Waals surface area contributed by atoms with Crippen molar-refractivity contribution < 1.29 is 4.74 Å². The summed E-state index contributed by atoms with van der Waals surface area (Å²) >= 11 is 0. The Morgan fingerprint density at radius 2 is 2.19 bits per heavy atom. The lowest BCUT2D eigenvalue weighted by Crippen LogP contribution is -2.28. The fourth-order valence-corrected chi connectivity index (χ4v) is 1.62. The molecule has 1 atom stereocenters. The number of hydrogen-bond donors (Lipinski definition) is 2. The number of hydrogen-bond acceptors (Lipinski definition) is 3. The van der Waals surface area contributed by atoms with Gasteiger partial charge in [-0.3, -0.25) is 11.3 Å². The van der Waals surface area contributed by atoms with Crippen LogP contribution in [0.3, 0.4) is 0 Å². The maximum absolute atomic E-state index is 5.56. The molecular formula is C13H18N2O. The summed E-state index contributed by atoms with van der Waals surface area (Å²) in [4.78, 5) is 0. The summed E-state index contributed by atoms with van der Waals surface area (Å²) < 4.78 is 5.30. The first-order chi connectivity index (χ1) is 7.83. The predicted molar refractivity (Wildman–Crippen MR) is 65.7 cm³/mol. The van der Waals surface area contributed by atoms with Gasteiger partial charge >= 0.3 is 0 Å². The molecule has 0 aromatic heterocycles. The quantitative estimate of drug-likeness (QED) is 0.451. The van der Waals surface area contributed by atoms with Gasteiger partial charge in [-0.05, 0) is 19.4 Å². The zero-order valence-electron chi connectivity index (χ0n) is 9.79. The summed E-state index contributed by atoms with van der Waals surface area (Å²) in [5.74, 6) is 12.3. The monoisotopic (exact) mass is 218 g/mol. The van der Waals surface area contributed by atoms with Crippen LogP contribution in [-0.2, 0) is 0 Å². The minimum atomic E-state index is 0.0806.